The number of hydrogen-bond acceptors (Lipinski definition) is 2. The van der Waals surface area contributed by atoms with Gasteiger partial charge >= 0.3 is 6.18 Å². The second kappa shape index (κ2) is 5.33. The van der Waals surface area contributed by atoms with Crippen LogP contribution in [0.25, 0.3) is 0 Å². The number of alkyl halides is 3. The molecule has 0 atom stereocenters. The van der Waals surface area contributed by atoms with Crippen LogP contribution in [0.3, 0.4) is 0 Å². The lowest BCUT2D eigenvalue weighted by atomic mass is 10.0. The third-order valence-electron chi connectivity index (χ3n) is 3.28. The summed E-state index contributed by atoms with van der Waals surface area (Å²) in [5.74, 6) is -0.263. The molecule has 2 nitrogen and oxygen atoms in total. The average Bonchev–Trinajstić information content (AvgIpc) is 2.72. The molecule has 19 heavy (non-hydrogen) atoms. The van der Waals surface area contributed by atoms with Crippen molar-refractivity contribution in [2.24, 2.45) is 0 Å². The fourth-order valence-electron chi connectivity index (χ4n) is 2.44. The summed E-state index contributed by atoms with van der Waals surface area (Å²) in [6, 6.07) is 5.46. The van der Waals surface area contributed by atoms with E-state index in [1.807, 2.05) is 12.1 Å². The Bertz CT molecular complexity index is 482. The second-order valence-corrected chi connectivity index (χ2v) is 5.05. The molecule has 0 saturated carbocycles. The van der Waals surface area contributed by atoms with Gasteiger partial charge in [-0.05, 0) is 43.5 Å². The first-order valence-electron chi connectivity index (χ1n) is 6.25. The molecule has 0 aromatic heterocycles. The maximum absolute atomic E-state index is 12.2. The van der Waals surface area contributed by atoms with Gasteiger partial charge in [-0.1, -0.05) is 12.1 Å². The number of fused-ring (bicyclic) bond motifs is 1. The first-order valence-corrected chi connectivity index (χ1v) is 6.25. The Kier molecular flexibility index (Phi) is 3.94. The number of halogens is 3. The van der Waals surface area contributed by atoms with Crippen LogP contribution >= 0.6 is 0 Å². The van der Waals surface area contributed by atoms with Crippen LogP contribution < -0.4 is 0 Å². The second-order valence-electron chi connectivity index (χ2n) is 5.05. The lowest BCUT2D eigenvalue weighted by Gasteiger charge is -2.17. The van der Waals surface area contributed by atoms with E-state index in [0.29, 0.717) is 5.56 Å². The third kappa shape index (κ3) is 3.80. The molecule has 2 rings (SSSR count). The van der Waals surface area contributed by atoms with Crippen molar-refractivity contribution in [2.45, 2.75) is 25.4 Å². The van der Waals surface area contributed by atoms with Crippen molar-refractivity contribution >= 4 is 5.78 Å². The number of rotatable bonds is 4. The van der Waals surface area contributed by atoms with Crippen LogP contribution in [-0.2, 0) is 12.8 Å². The monoisotopic (exact) mass is 271 g/mol. The molecule has 0 fully saturated rings. The maximum atomic E-state index is 12.2. The van der Waals surface area contributed by atoms with Crippen molar-refractivity contribution in [3.8, 4) is 0 Å². The first-order chi connectivity index (χ1) is 8.85. The number of nitrogens with zero attached hydrogens (tertiary/aromatic N) is 1. The molecule has 5 heteroatoms. The number of carbonyl (C=O) groups excluding carboxylic acids is 1. The van der Waals surface area contributed by atoms with Crippen LogP contribution in [0.1, 0.15) is 27.9 Å². The molecular formula is C14H16F3NO. The minimum atomic E-state index is -4.27. The average molecular weight is 271 g/mol. The molecule has 0 radical (unpaired) electrons. The maximum Gasteiger partial charge on any atom is 0.401 e. The van der Waals surface area contributed by atoms with Gasteiger partial charge < -0.3 is 0 Å². The third-order valence-corrected chi connectivity index (χ3v) is 3.28. The van der Waals surface area contributed by atoms with Crippen molar-refractivity contribution in [1.82, 2.24) is 4.90 Å². The number of likely N-dealkylation sites (N-methyl/N-ethyl adjacent to an activating group) is 1. The zero-order chi connectivity index (χ0) is 14.0. The highest BCUT2D eigenvalue weighted by molar-refractivity contribution is 5.97. The van der Waals surface area contributed by atoms with Gasteiger partial charge in [0.05, 0.1) is 13.1 Å². The Labute approximate surface area is 110 Å². The predicted octanol–water partition coefficient (Wildman–Crippen LogP) is 2.85. The molecule has 0 amide bonds. The van der Waals surface area contributed by atoms with Crippen molar-refractivity contribution < 1.29 is 18.0 Å². The van der Waals surface area contributed by atoms with E-state index >= 15 is 0 Å². The lowest BCUT2D eigenvalue weighted by molar-refractivity contribution is -0.141. The van der Waals surface area contributed by atoms with Gasteiger partial charge in [0, 0.05) is 5.56 Å². The summed E-state index contributed by atoms with van der Waals surface area (Å²) < 4.78 is 36.6. The molecule has 0 unspecified atom stereocenters. The number of carbonyl (C=O) groups is 1. The first kappa shape index (κ1) is 14.1. The van der Waals surface area contributed by atoms with Gasteiger partial charge in [0.15, 0.2) is 5.78 Å². The van der Waals surface area contributed by atoms with Gasteiger partial charge in [-0.25, -0.2) is 0 Å². The Morgan fingerprint density at radius 2 is 1.95 bits per heavy atom. The van der Waals surface area contributed by atoms with Gasteiger partial charge in [0.1, 0.15) is 0 Å². The van der Waals surface area contributed by atoms with E-state index in [2.05, 4.69) is 0 Å². The van der Waals surface area contributed by atoms with Crippen LogP contribution in [0, 0.1) is 0 Å². The van der Waals surface area contributed by atoms with Gasteiger partial charge in [-0.2, -0.15) is 13.2 Å². The summed E-state index contributed by atoms with van der Waals surface area (Å²) in [6.07, 6.45) is -1.21. The molecule has 0 bridgehead atoms. The normalized spacial score (nSPS) is 14.8. The van der Waals surface area contributed by atoms with Crippen molar-refractivity contribution in [1.29, 1.82) is 0 Å². The van der Waals surface area contributed by atoms with E-state index < -0.39 is 12.7 Å². The molecule has 0 aliphatic heterocycles. The van der Waals surface area contributed by atoms with Crippen LogP contribution in [0.15, 0.2) is 18.2 Å². The number of hydrogen-bond donors (Lipinski definition) is 0. The molecule has 1 aromatic carbocycles. The molecule has 104 valence electrons. The molecule has 0 saturated heterocycles. The fourth-order valence-corrected chi connectivity index (χ4v) is 2.44. The summed E-state index contributed by atoms with van der Waals surface area (Å²) in [5, 5.41) is 0. The van der Waals surface area contributed by atoms with E-state index in [1.54, 1.807) is 6.07 Å². The fraction of sp³-hybridized carbons (Fsp3) is 0.500. The zero-order valence-corrected chi connectivity index (χ0v) is 10.8. The molecule has 1 aromatic rings. The Morgan fingerprint density at radius 3 is 2.63 bits per heavy atom. The summed E-state index contributed by atoms with van der Waals surface area (Å²) in [5.41, 5.74) is 2.92. The molecule has 0 heterocycles. The van der Waals surface area contributed by atoms with Crippen molar-refractivity contribution in [3.05, 3.63) is 34.9 Å². The Morgan fingerprint density at radius 1 is 1.26 bits per heavy atom. The summed E-state index contributed by atoms with van der Waals surface area (Å²) in [6.45, 7) is -1.28. The molecule has 1 aliphatic rings. The molecular weight excluding hydrogens is 255 g/mol. The van der Waals surface area contributed by atoms with Crippen LogP contribution in [0.4, 0.5) is 13.2 Å². The van der Waals surface area contributed by atoms with E-state index in [-0.39, 0.29) is 12.3 Å². The molecule has 0 N–H and O–H groups in total. The smallest absolute Gasteiger partial charge is 0.293 e. The van der Waals surface area contributed by atoms with E-state index in [1.165, 1.54) is 12.6 Å². The van der Waals surface area contributed by atoms with E-state index in [4.69, 9.17) is 0 Å². The lowest BCUT2D eigenvalue weighted by Crippen LogP contribution is -2.34. The standard InChI is InChI=1S/C14H16F3NO/c1-18(9-14(15,16)17)8-13(19)12-6-5-10-3-2-4-11(10)7-12/h5-7H,2-4,8-9H2,1H3. The molecule has 1 aliphatic carbocycles. The van der Waals surface area contributed by atoms with Crippen molar-refractivity contribution in [3.63, 3.8) is 0 Å². The van der Waals surface area contributed by atoms with Crippen LogP contribution in [0.2, 0.25) is 0 Å². The summed E-state index contributed by atoms with van der Waals surface area (Å²) >= 11 is 0. The number of Topliss-reactive ketones (excluding diaryl/α,β-unsaturated/α-hetero) is 1. The quantitative estimate of drug-likeness (QED) is 0.785. The van der Waals surface area contributed by atoms with Crippen LogP contribution in [0.5, 0.6) is 0 Å². The van der Waals surface area contributed by atoms with Gasteiger partial charge in [-0.15, -0.1) is 0 Å². The molecule has 0 spiro atoms. The highest BCUT2D eigenvalue weighted by atomic mass is 19.4. The minimum Gasteiger partial charge on any atom is -0.293 e. The summed E-state index contributed by atoms with van der Waals surface area (Å²) in [7, 11) is 1.30. The minimum absolute atomic E-state index is 0.210. The van der Waals surface area contributed by atoms with Gasteiger partial charge in [0.25, 0.3) is 0 Å². The van der Waals surface area contributed by atoms with Crippen LogP contribution in [-0.4, -0.2) is 37.0 Å². The predicted molar refractivity (Wildman–Crippen MR) is 66.3 cm³/mol. The largest absolute Gasteiger partial charge is 0.401 e. The van der Waals surface area contributed by atoms with Gasteiger partial charge in [-0.3, -0.25) is 9.69 Å². The topological polar surface area (TPSA) is 20.3 Å². The Hall–Kier alpha value is -1.36. The van der Waals surface area contributed by atoms with E-state index in [9.17, 15) is 18.0 Å². The number of ketones is 1. The van der Waals surface area contributed by atoms with Crippen molar-refractivity contribution in [2.75, 3.05) is 20.1 Å². The highest BCUT2D eigenvalue weighted by Gasteiger charge is 2.29. The Balaban J connectivity index is 2.00. The summed E-state index contributed by atoms with van der Waals surface area (Å²) in [4.78, 5) is 12.9. The van der Waals surface area contributed by atoms with E-state index in [0.717, 1.165) is 29.7 Å². The number of aryl methyl sites for hydroxylation is 2. The number of benzene rings is 1. The zero-order valence-electron chi connectivity index (χ0n) is 10.8. The highest BCUT2D eigenvalue weighted by Crippen LogP contribution is 2.23. The van der Waals surface area contributed by atoms with Gasteiger partial charge in [0.2, 0.25) is 0 Å². The SMILES string of the molecule is CN(CC(=O)c1ccc2c(c1)CCC2)CC(F)(F)F.